The molecule has 8 nitrogen and oxygen atoms in total. The molecule has 0 aliphatic carbocycles. The Morgan fingerprint density at radius 1 is 1.41 bits per heavy atom. The number of nitro groups is 1. The summed E-state index contributed by atoms with van der Waals surface area (Å²) >= 11 is 0. The van der Waals surface area contributed by atoms with Gasteiger partial charge in [0.2, 0.25) is 0 Å². The van der Waals surface area contributed by atoms with E-state index < -0.39 is 11.0 Å². The average molecular weight is 260 g/mol. The van der Waals surface area contributed by atoms with E-state index in [1.807, 2.05) is 0 Å². The lowest BCUT2D eigenvalue weighted by molar-refractivity contribution is -0.384. The van der Waals surface area contributed by atoms with Crippen LogP contribution < -0.4 is 16.8 Å². The third-order valence-electron chi connectivity index (χ3n) is 1.54. The normalized spacial score (nSPS) is 8.71. The first-order valence-corrected chi connectivity index (χ1v) is 4.14. The maximum atomic E-state index is 11.1. The highest BCUT2D eigenvalue weighted by Gasteiger charge is 2.07. The maximum Gasteiger partial charge on any atom is 0.348 e. The van der Waals surface area contributed by atoms with Crippen molar-refractivity contribution in [2.24, 2.45) is 16.5 Å². The van der Waals surface area contributed by atoms with Crippen LogP contribution in [0.4, 0.5) is 16.2 Å². The molecule has 0 atom stereocenters. The van der Waals surface area contributed by atoms with Crippen LogP contribution in [0.3, 0.4) is 0 Å². The van der Waals surface area contributed by atoms with Crippen LogP contribution in [-0.4, -0.2) is 16.9 Å². The second kappa shape index (κ2) is 6.28. The van der Waals surface area contributed by atoms with Crippen LogP contribution in [0.15, 0.2) is 29.3 Å². The molecule has 1 aromatic carbocycles. The number of nitrogens with two attached hydrogens (primary N) is 2. The summed E-state index contributed by atoms with van der Waals surface area (Å²) in [5.74, 6) is -0.386. The number of aliphatic imine (C=N–C) groups is 1. The van der Waals surface area contributed by atoms with E-state index in [0.717, 1.165) is 0 Å². The molecular weight excluding hydrogens is 250 g/mol. The predicted molar refractivity (Wildman–Crippen MR) is 65.2 cm³/mol. The van der Waals surface area contributed by atoms with Gasteiger partial charge in [0.15, 0.2) is 5.96 Å². The molecule has 0 saturated heterocycles. The lowest BCUT2D eigenvalue weighted by Crippen LogP contribution is -2.25. The fraction of sp³-hybridized carbons (Fsp3) is 0. The Kier molecular flexibility index (Phi) is 5.41. The number of urea groups is 1. The quantitative estimate of drug-likeness (QED) is 0.312. The van der Waals surface area contributed by atoms with Crippen LogP contribution in [0.5, 0.6) is 0 Å². The molecule has 0 aromatic heterocycles. The first kappa shape index (κ1) is 14.6. The van der Waals surface area contributed by atoms with Crippen molar-refractivity contribution in [2.45, 2.75) is 0 Å². The molecule has 92 valence electrons. The second-order valence-corrected chi connectivity index (χ2v) is 2.77. The molecule has 0 bridgehead atoms. The number of nitrogens with zero attached hydrogens (tertiary/aromatic N) is 2. The van der Waals surface area contributed by atoms with Crippen LogP contribution in [0, 0.1) is 10.1 Å². The fourth-order valence-electron chi connectivity index (χ4n) is 0.966. The first-order chi connectivity index (χ1) is 7.49. The summed E-state index contributed by atoms with van der Waals surface area (Å²) in [4.78, 5) is 24.1. The number of amides is 2. The highest BCUT2D eigenvalue weighted by atomic mass is 35.5. The van der Waals surface area contributed by atoms with Gasteiger partial charge < -0.3 is 16.8 Å². The number of non-ortho nitro benzene ring substituents is 1. The van der Waals surface area contributed by atoms with Crippen molar-refractivity contribution in [3.05, 3.63) is 34.4 Å². The van der Waals surface area contributed by atoms with Crippen LogP contribution in [0.25, 0.3) is 0 Å². The standard InChI is InChI=1S/C8H9N5O3.ClH/c9-7(10)12-8(14)11-5-2-1-3-6(4-5)13(15)16;/h1-4H,(H5,9,10,11,12,14);1H. The zero-order valence-corrected chi connectivity index (χ0v) is 9.31. The molecule has 0 spiro atoms. The Hall–Kier alpha value is -2.35. The number of rotatable bonds is 2. The summed E-state index contributed by atoms with van der Waals surface area (Å²) < 4.78 is 0. The second-order valence-electron chi connectivity index (χ2n) is 2.77. The SMILES string of the molecule is Cl.NC(N)=NC(=O)Nc1cccc([N+](=O)[O-])c1. The van der Waals surface area contributed by atoms with E-state index in [1.165, 1.54) is 24.3 Å². The van der Waals surface area contributed by atoms with Crippen LogP contribution in [0.1, 0.15) is 0 Å². The topological polar surface area (TPSA) is 137 Å². The molecule has 2 amide bonds. The number of carbonyl (C=O) groups is 1. The van der Waals surface area contributed by atoms with E-state index in [2.05, 4.69) is 10.3 Å². The monoisotopic (exact) mass is 259 g/mol. The van der Waals surface area contributed by atoms with E-state index in [-0.39, 0.29) is 29.7 Å². The summed E-state index contributed by atoms with van der Waals surface area (Å²) in [5, 5.41) is 12.7. The molecule has 0 fully saturated rings. The number of benzene rings is 1. The number of nitro benzene ring substituents is 1. The van der Waals surface area contributed by atoms with Gasteiger partial charge >= 0.3 is 6.03 Å². The van der Waals surface area contributed by atoms with Gasteiger partial charge in [0.05, 0.1) is 4.92 Å². The van der Waals surface area contributed by atoms with E-state index in [1.54, 1.807) is 0 Å². The largest absolute Gasteiger partial charge is 0.370 e. The van der Waals surface area contributed by atoms with Crippen molar-refractivity contribution < 1.29 is 9.72 Å². The molecule has 0 aliphatic heterocycles. The Bertz CT molecular complexity index is 458. The molecule has 17 heavy (non-hydrogen) atoms. The van der Waals surface area contributed by atoms with E-state index in [9.17, 15) is 14.9 Å². The van der Waals surface area contributed by atoms with Crippen LogP contribution in [0.2, 0.25) is 0 Å². The highest BCUT2D eigenvalue weighted by molar-refractivity contribution is 5.98. The summed E-state index contributed by atoms with van der Waals surface area (Å²) in [6, 6.07) is 4.62. The lowest BCUT2D eigenvalue weighted by Gasteiger charge is -2.00. The van der Waals surface area contributed by atoms with Gasteiger partial charge in [-0.1, -0.05) is 6.07 Å². The summed E-state index contributed by atoms with van der Waals surface area (Å²) in [6.07, 6.45) is 0. The number of hydrogen-bond acceptors (Lipinski definition) is 3. The average Bonchev–Trinajstić information content (AvgIpc) is 2.16. The number of carbonyl (C=O) groups excluding carboxylic acids is 1. The minimum Gasteiger partial charge on any atom is -0.370 e. The third-order valence-corrected chi connectivity index (χ3v) is 1.54. The number of nitrogens with one attached hydrogen (secondary N) is 1. The number of guanidine groups is 1. The lowest BCUT2D eigenvalue weighted by atomic mass is 10.3. The van der Waals surface area contributed by atoms with Crippen LogP contribution in [-0.2, 0) is 0 Å². The zero-order chi connectivity index (χ0) is 12.1. The minimum atomic E-state index is -0.791. The smallest absolute Gasteiger partial charge is 0.348 e. The molecule has 0 aliphatic rings. The molecule has 5 N–H and O–H groups in total. The number of hydrogen-bond donors (Lipinski definition) is 3. The number of halogens is 1. The Balaban J connectivity index is 0.00000256. The summed E-state index contributed by atoms with van der Waals surface area (Å²) in [7, 11) is 0. The Morgan fingerprint density at radius 2 is 2.06 bits per heavy atom. The van der Waals surface area contributed by atoms with Gasteiger partial charge in [-0.15, -0.1) is 12.4 Å². The molecular formula is C8H10ClN5O3. The van der Waals surface area contributed by atoms with Crippen LogP contribution >= 0.6 is 12.4 Å². The third kappa shape index (κ3) is 4.80. The van der Waals surface area contributed by atoms with Crippen molar-refractivity contribution in [3.8, 4) is 0 Å². The summed E-state index contributed by atoms with van der Waals surface area (Å²) in [6.45, 7) is 0. The molecule has 1 rings (SSSR count). The molecule has 0 heterocycles. The van der Waals surface area contributed by atoms with Gasteiger partial charge in [-0.2, -0.15) is 4.99 Å². The van der Waals surface area contributed by atoms with Crippen molar-refractivity contribution in [1.29, 1.82) is 0 Å². The first-order valence-electron chi connectivity index (χ1n) is 4.14. The maximum absolute atomic E-state index is 11.1. The van der Waals surface area contributed by atoms with Crippen molar-refractivity contribution in [2.75, 3.05) is 5.32 Å². The zero-order valence-electron chi connectivity index (χ0n) is 8.49. The van der Waals surface area contributed by atoms with Gasteiger partial charge in [0.1, 0.15) is 0 Å². The van der Waals surface area contributed by atoms with E-state index in [4.69, 9.17) is 11.5 Å². The van der Waals surface area contributed by atoms with E-state index >= 15 is 0 Å². The molecule has 0 radical (unpaired) electrons. The Labute approximate surface area is 102 Å². The molecule has 9 heteroatoms. The molecule has 0 unspecified atom stereocenters. The molecule has 1 aromatic rings. The van der Waals surface area contributed by atoms with Crippen molar-refractivity contribution in [1.82, 2.24) is 0 Å². The minimum absolute atomic E-state index is 0. The van der Waals surface area contributed by atoms with E-state index in [0.29, 0.717) is 0 Å². The Morgan fingerprint density at radius 3 is 2.59 bits per heavy atom. The highest BCUT2D eigenvalue weighted by Crippen LogP contribution is 2.16. The van der Waals surface area contributed by atoms with Crippen molar-refractivity contribution >= 4 is 35.8 Å². The fourth-order valence-corrected chi connectivity index (χ4v) is 0.966. The number of anilines is 1. The predicted octanol–water partition coefficient (Wildman–Crippen LogP) is 0.822. The summed E-state index contributed by atoms with van der Waals surface area (Å²) in [5.41, 5.74) is 10.1. The van der Waals surface area contributed by atoms with Gasteiger partial charge in [-0.3, -0.25) is 10.1 Å². The van der Waals surface area contributed by atoms with Gasteiger partial charge in [-0.05, 0) is 6.07 Å². The van der Waals surface area contributed by atoms with Gasteiger partial charge in [0, 0.05) is 17.8 Å². The van der Waals surface area contributed by atoms with Gasteiger partial charge in [0.25, 0.3) is 5.69 Å². The van der Waals surface area contributed by atoms with Crippen molar-refractivity contribution in [3.63, 3.8) is 0 Å². The molecule has 0 saturated carbocycles. The van der Waals surface area contributed by atoms with Gasteiger partial charge in [-0.25, -0.2) is 4.79 Å².